The summed E-state index contributed by atoms with van der Waals surface area (Å²) in [4.78, 5) is 0. The van der Waals surface area contributed by atoms with Crippen LogP contribution in [0.1, 0.15) is 24.8 Å². The van der Waals surface area contributed by atoms with Gasteiger partial charge in [0.05, 0.1) is 12.2 Å². The Bertz CT molecular complexity index is 431. The highest BCUT2D eigenvalue weighted by molar-refractivity contribution is 6.30. The van der Waals surface area contributed by atoms with Gasteiger partial charge in [0.15, 0.2) is 5.84 Å². The molecule has 0 heterocycles. The van der Waals surface area contributed by atoms with E-state index >= 15 is 0 Å². The summed E-state index contributed by atoms with van der Waals surface area (Å²) < 4.78 is 5.69. The first-order valence-electron chi connectivity index (χ1n) is 5.61. The van der Waals surface area contributed by atoms with Crippen LogP contribution in [0.15, 0.2) is 23.4 Å². The maximum Gasteiger partial charge on any atom is 0.173 e. The second-order valence-corrected chi connectivity index (χ2v) is 4.67. The predicted molar refractivity (Wildman–Crippen MR) is 66.8 cm³/mol. The van der Waals surface area contributed by atoms with Crippen LogP contribution in [0, 0.1) is 5.92 Å². The molecular weight excluding hydrogens is 240 g/mol. The third-order valence-corrected chi connectivity index (χ3v) is 3.26. The molecule has 0 radical (unpaired) electrons. The van der Waals surface area contributed by atoms with Gasteiger partial charge in [0.2, 0.25) is 0 Å². The Morgan fingerprint density at radius 1 is 1.53 bits per heavy atom. The van der Waals surface area contributed by atoms with Gasteiger partial charge in [0.25, 0.3) is 0 Å². The minimum Gasteiger partial charge on any atom is -0.492 e. The fraction of sp³-hybridized carbons (Fsp3) is 0.417. The van der Waals surface area contributed by atoms with E-state index in [0.717, 1.165) is 0 Å². The number of ether oxygens (including phenoxy) is 1. The van der Waals surface area contributed by atoms with E-state index < -0.39 is 0 Å². The average molecular weight is 255 g/mol. The number of benzene rings is 1. The van der Waals surface area contributed by atoms with Gasteiger partial charge in [0.1, 0.15) is 5.75 Å². The zero-order chi connectivity index (χ0) is 12.3. The number of nitrogens with zero attached hydrogens (tertiary/aromatic N) is 1. The molecule has 0 spiro atoms. The SMILES string of the molecule is N/C(=N/O)c1ccc(Cl)cc1OCC1CCC1. The van der Waals surface area contributed by atoms with Crippen LogP contribution in [0.5, 0.6) is 5.75 Å². The van der Waals surface area contributed by atoms with Crippen LogP contribution >= 0.6 is 11.6 Å². The lowest BCUT2D eigenvalue weighted by Crippen LogP contribution is -2.21. The molecule has 1 fully saturated rings. The molecule has 0 aromatic heterocycles. The number of hydrogen-bond donors (Lipinski definition) is 2. The lowest BCUT2D eigenvalue weighted by Gasteiger charge is -2.25. The van der Waals surface area contributed by atoms with Crippen molar-refractivity contribution < 1.29 is 9.94 Å². The number of oxime groups is 1. The lowest BCUT2D eigenvalue weighted by atomic mass is 9.86. The quantitative estimate of drug-likeness (QED) is 0.376. The largest absolute Gasteiger partial charge is 0.492 e. The van der Waals surface area contributed by atoms with Crippen LogP contribution in [-0.2, 0) is 0 Å². The molecule has 0 aliphatic heterocycles. The molecule has 3 N–H and O–H groups in total. The smallest absolute Gasteiger partial charge is 0.173 e. The maximum absolute atomic E-state index is 8.69. The highest BCUT2D eigenvalue weighted by Crippen LogP contribution is 2.29. The van der Waals surface area contributed by atoms with Gasteiger partial charge in [-0.05, 0) is 37.0 Å². The first-order chi connectivity index (χ1) is 8.20. The van der Waals surface area contributed by atoms with E-state index in [1.54, 1.807) is 18.2 Å². The molecule has 0 bridgehead atoms. The van der Waals surface area contributed by atoms with Gasteiger partial charge in [-0.3, -0.25) is 0 Å². The predicted octanol–water partition coefficient (Wildman–Crippen LogP) is 2.61. The average Bonchev–Trinajstić information content (AvgIpc) is 2.26. The van der Waals surface area contributed by atoms with Crippen molar-refractivity contribution in [3.63, 3.8) is 0 Å². The molecule has 17 heavy (non-hydrogen) atoms. The Balaban J connectivity index is 2.14. The van der Waals surface area contributed by atoms with Crippen molar-refractivity contribution >= 4 is 17.4 Å². The fourth-order valence-electron chi connectivity index (χ4n) is 1.75. The van der Waals surface area contributed by atoms with Gasteiger partial charge in [-0.1, -0.05) is 23.2 Å². The molecule has 4 nitrogen and oxygen atoms in total. The van der Waals surface area contributed by atoms with Crippen LogP contribution in [0.2, 0.25) is 5.02 Å². The number of amidine groups is 1. The second kappa shape index (κ2) is 5.27. The molecule has 92 valence electrons. The summed E-state index contributed by atoms with van der Waals surface area (Å²) in [5, 5.41) is 12.2. The van der Waals surface area contributed by atoms with Gasteiger partial charge in [-0.25, -0.2) is 0 Å². The van der Waals surface area contributed by atoms with Crippen molar-refractivity contribution in [2.75, 3.05) is 6.61 Å². The van der Waals surface area contributed by atoms with Crippen molar-refractivity contribution in [1.82, 2.24) is 0 Å². The summed E-state index contributed by atoms with van der Waals surface area (Å²) in [5.41, 5.74) is 6.14. The minimum absolute atomic E-state index is 0.0327. The van der Waals surface area contributed by atoms with Crippen LogP contribution in [0.25, 0.3) is 0 Å². The first-order valence-corrected chi connectivity index (χ1v) is 5.98. The summed E-state index contributed by atoms with van der Waals surface area (Å²) in [6, 6.07) is 5.06. The van der Waals surface area contributed by atoms with Crippen LogP contribution in [0.3, 0.4) is 0 Å². The third kappa shape index (κ3) is 2.82. The molecule has 0 unspecified atom stereocenters. The first kappa shape index (κ1) is 12.0. The Morgan fingerprint density at radius 3 is 2.88 bits per heavy atom. The van der Waals surface area contributed by atoms with Crippen LogP contribution in [0.4, 0.5) is 0 Å². The maximum atomic E-state index is 8.69. The number of hydrogen-bond acceptors (Lipinski definition) is 3. The van der Waals surface area contributed by atoms with E-state index in [1.165, 1.54) is 19.3 Å². The van der Waals surface area contributed by atoms with E-state index in [0.29, 0.717) is 28.9 Å². The molecule has 1 aromatic carbocycles. The van der Waals surface area contributed by atoms with Gasteiger partial charge in [0, 0.05) is 5.02 Å². The van der Waals surface area contributed by atoms with Gasteiger partial charge in [-0.2, -0.15) is 0 Å². The summed E-state index contributed by atoms with van der Waals surface area (Å²) in [6.07, 6.45) is 3.69. The Morgan fingerprint density at radius 2 is 2.29 bits per heavy atom. The zero-order valence-corrected chi connectivity index (χ0v) is 10.2. The monoisotopic (exact) mass is 254 g/mol. The van der Waals surface area contributed by atoms with E-state index in [4.69, 9.17) is 27.3 Å². The molecular formula is C12H15ClN2O2. The Hall–Kier alpha value is -1.42. The summed E-state index contributed by atoms with van der Waals surface area (Å²) in [7, 11) is 0. The molecule has 5 heteroatoms. The highest BCUT2D eigenvalue weighted by atomic mass is 35.5. The molecule has 0 atom stereocenters. The number of rotatable bonds is 4. The van der Waals surface area contributed by atoms with Gasteiger partial charge in [-0.15, -0.1) is 0 Å². The highest BCUT2D eigenvalue weighted by Gasteiger charge is 2.19. The lowest BCUT2D eigenvalue weighted by molar-refractivity contribution is 0.180. The van der Waals surface area contributed by atoms with Gasteiger partial charge >= 0.3 is 0 Å². The summed E-state index contributed by atoms with van der Waals surface area (Å²) >= 11 is 5.90. The zero-order valence-electron chi connectivity index (χ0n) is 9.40. The molecule has 2 rings (SSSR count). The molecule has 1 saturated carbocycles. The van der Waals surface area contributed by atoms with Crippen molar-refractivity contribution in [2.24, 2.45) is 16.8 Å². The van der Waals surface area contributed by atoms with Crippen LogP contribution in [-0.4, -0.2) is 17.6 Å². The summed E-state index contributed by atoms with van der Waals surface area (Å²) in [5.74, 6) is 1.22. The van der Waals surface area contributed by atoms with E-state index in [1.807, 2.05) is 0 Å². The fourth-order valence-corrected chi connectivity index (χ4v) is 1.91. The molecule has 1 aliphatic carbocycles. The molecule has 1 aromatic rings. The third-order valence-electron chi connectivity index (χ3n) is 3.03. The van der Waals surface area contributed by atoms with Crippen molar-refractivity contribution in [2.45, 2.75) is 19.3 Å². The van der Waals surface area contributed by atoms with E-state index in [-0.39, 0.29) is 5.84 Å². The Labute approximate surface area is 105 Å². The minimum atomic E-state index is 0.0327. The normalized spacial score (nSPS) is 16.6. The molecule has 1 aliphatic rings. The van der Waals surface area contributed by atoms with Crippen molar-refractivity contribution in [3.8, 4) is 5.75 Å². The summed E-state index contributed by atoms with van der Waals surface area (Å²) in [6.45, 7) is 0.659. The number of halogens is 1. The standard InChI is InChI=1S/C12H15ClN2O2/c13-9-4-5-10(12(14)15-16)11(6-9)17-7-8-2-1-3-8/h4-6,8,16H,1-3,7H2,(H2,14,15). The topological polar surface area (TPSA) is 67.8 Å². The van der Waals surface area contributed by atoms with Crippen molar-refractivity contribution in [3.05, 3.63) is 28.8 Å². The van der Waals surface area contributed by atoms with E-state index in [9.17, 15) is 0 Å². The Kier molecular flexibility index (Phi) is 3.74. The molecule has 0 saturated heterocycles. The van der Waals surface area contributed by atoms with E-state index in [2.05, 4.69) is 5.16 Å². The van der Waals surface area contributed by atoms with Crippen LogP contribution < -0.4 is 10.5 Å². The number of nitrogens with two attached hydrogens (primary N) is 1. The second-order valence-electron chi connectivity index (χ2n) is 4.23. The van der Waals surface area contributed by atoms with Crippen molar-refractivity contribution in [1.29, 1.82) is 0 Å². The molecule has 0 amide bonds. The van der Waals surface area contributed by atoms with Gasteiger partial charge < -0.3 is 15.7 Å².